The van der Waals surface area contributed by atoms with Gasteiger partial charge < -0.3 is 74.3 Å². The van der Waals surface area contributed by atoms with Gasteiger partial charge in [-0.1, -0.05) is 55.5 Å². The van der Waals surface area contributed by atoms with Crippen LogP contribution in [-0.2, 0) is 55.8 Å². The number of hydrogen-bond donors (Lipinski definition) is 7. The maximum Gasteiger partial charge on any atom is 0.229 e. The summed E-state index contributed by atoms with van der Waals surface area (Å²) in [6, 6.07) is 6.64. The molecule has 22 heteroatoms. The number of nitrogens with zero attached hydrogens (tertiary/aromatic N) is 3. The highest BCUT2D eigenvalue weighted by Gasteiger charge is 2.44. The molecule has 1 saturated heterocycles. The van der Waals surface area contributed by atoms with E-state index >= 15 is 0 Å². The van der Waals surface area contributed by atoms with Gasteiger partial charge >= 0.3 is 0 Å². The van der Waals surface area contributed by atoms with Crippen LogP contribution < -0.4 is 20.7 Å². The van der Waals surface area contributed by atoms with Crippen molar-refractivity contribution in [2.45, 2.75) is 109 Å². The number of carbonyl (C=O) groups is 2. The van der Waals surface area contributed by atoms with E-state index < -0.39 is 37.3 Å². The van der Waals surface area contributed by atoms with Crippen molar-refractivity contribution >= 4 is 45.8 Å². The van der Waals surface area contributed by atoms with Crippen molar-refractivity contribution in [2.24, 2.45) is 0 Å². The molecule has 0 saturated carbocycles. The molecular formula is C43H72N6O14S2. The molecule has 1 aromatic carbocycles. The fourth-order valence-corrected chi connectivity index (χ4v) is 7.01. The highest BCUT2D eigenvalue weighted by atomic mass is 32.2. The number of benzene rings is 1. The van der Waals surface area contributed by atoms with Gasteiger partial charge in [0.05, 0.1) is 105 Å². The minimum Gasteiger partial charge on any atom is -0.462 e. The van der Waals surface area contributed by atoms with Crippen LogP contribution in [0.2, 0.25) is 0 Å². The van der Waals surface area contributed by atoms with Crippen molar-refractivity contribution in [2.75, 3.05) is 104 Å². The summed E-state index contributed by atoms with van der Waals surface area (Å²) >= 11 is 6.73. The molecule has 370 valence electrons. The molecule has 2 aromatic rings. The number of anilines is 1. The SMILES string of the molecule is CC(=O)SCCCCCCCCCCC(=O)NCc1cn(CCOCCOCCOCCOCCOCCOCCNC(=S)Nc2ccc(O[C@H]3O[C@H](CO)[C@@H](O)[C@H](O)[C@@H]3O)cc2)nn1. The monoisotopic (exact) mass is 960 g/mol. The number of aliphatic hydroxyl groups is 4. The Kier molecular flexibility index (Phi) is 31.1. The fourth-order valence-electron chi connectivity index (χ4n) is 6.16. The first-order valence-electron chi connectivity index (χ1n) is 22.5. The average molecular weight is 961 g/mol. The number of nitrogens with one attached hydrogen (secondary N) is 3. The number of unbranched alkanes of at least 4 members (excludes halogenated alkanes) is 7. The maximum atomic E-state index is 12.2. The van der Waals surface area contributed by atoms with E-state index in [0.29, 0.717) is 128 Å². The Labute approximate surface area is 392 Å². The second-order valence-corrected chi connectivity index (χ2v) is 16.7. The van der Waals surface area contributed by atoms with Gasteiger partial charge in [-0.25, -0.2) is 4.68 Å². The molecule has 0 radical (unpaired) electrons. The molecule has 20 nitrogen and oxygen atoms in total. The summed E-state index contributed by atoms with van der Waals surface area (Å²) in [5.74, 6) is 1.30. The lowest BCUT2D eigenvalue weighted by atomic mass is 9.99. The fraction of sp³-hybridized carbons (Fsp3) is 0.744. The van der Waals surface area contributed by atoms with Crippen LogP contribution in [0.1, 0.15) is 70.4 Å². The number of rotatable bonds is 38. The molecule has 1 fully saturated rings. The van der Waals surface area contributed by atoms with E-state index in [1.807, 2.05) is 6.20 Å². The van der Waals surface area contributed by atoms with E-state index in [-0.39, 0.29) is 11.0 Å². The highest BCUT2D eigenvalue weighted by Crippen LogP contribution is 2.25. The number of ether oxygens (including phenoxy) is 8. The molecular weight excluding hydrogens is 889 g/mol. The first-order valence-corrected chi connectivity index (χ1v) is 23.9. The average Bonchev–Trinajstić information content (AvgIpc) is 3.76. The molecule has 1 aliphatic rings. The van der Waals surface area contributed by atoms with Crippen molar-refractivity contribution in [3.05, 3.63) is 36.2 Å². The van der Waals surface area contributed by atoms with Gasteiger partial charge in [0.2, 0.25) is 12.2 Å². The molecule has 1 amide bonds. The zero-order valence-corrected chi connectivity index (χ0v) is 39.3. The molecule has 2 heterocycles. The third-order valence-electron chi connectivity index (χ3n) is 9.73. The van der Waals surface area contributed by atoms with Crippen molar-refractivity contribution in [3.8, 4) is 5.75 Å². The molecule has 65 heavy (non-hydrogen) atoms. The van der Waals surface area contributed by atoms with Gasteiger partial charge in [-0.05, 0) is 49.3 Å². The van der Waals surface area contributed by atoms with E-state index in [2.05, 4.69) is 26.3 Å². The zero-order valence-electron chi connectivity index (χ0n) is 37.7. The minimum atomic E-state index is -1.52. The highest BCUT2D eigenvalue weighted by molar-refractivity contribution is 8.13. The molecule has 0 bridgehead atoms. The first kappa shape index (κ1) is 56.2. The quantitative estimate of drug-likeness (QED) is 0.0375. The molecule has 0 aliphatic carbocycles. The summed E-state index contributed by atoms with van der Waals surface area (Å²) in [6.07, 6.45) is 4.51. The normalized spacial score (nSPS) is 18.4. The van der Waals surface area contributed by atoms with Crippen LogP contribution in [0.25, 0.3) is 0 Å². The van der Waals surface area contributed by atoms with E-state index in [9.17, 15) is 30.0 Å². The number of aromatic nitrogens is 3. The predicted octanol–water partition coefficient (Wildman–Crippen LogP) is 1.95. The summed E-state index contributed by atoms with van der Waals surface area (Å²) < 4.78 is 46.0. The molecule has 3 rings (SSSR count). The third kappa shape index (κ3) is 26.7. The Morgan fingerprint density at radius 2 is 1.29 bits per heavy atom. The van der Waals surface area contributed by atoms with Crippen molar-refractivity contribution < 1.29 is 67.9 Å². The number of thiocarbonyl (C=S) groups is 1. The number of amides is 1. The summed E-state index contributed by atoms with van der Waals surface area (Å²) in [5, 5.41) is 57.2. The van der Waals surface area contributed by atoms with Crippen molar-refractivity contribution in [1.82, 2.24) is 25.6 Å². The molecule has 7 N–H and O–H groups in total. The Morgan fingerprint density at radius 3 is 1.88 bits per heavy atom. The number of aliphatic hydroxyl groups excluding tert-OH is 4. The van der Waals surface area contributed by atoms with Crippen LogP contribution in [0, 0.1) is 0 Å². The smallest absolute Gasteiger partial charge is 0.229 e. The molecule has 0 unspecified atom stereocenters. The lowest BCUT2D eigenvalue weighted by Crippen LogP contribution is -2.60. The number of hydrogen-bond acceptors (Lipinski definition) is 18. The van der Waals surface area contributed by atoms with Crippen molar-refractivity contribution in [1.29, 1.82) is 0 Å². The predicted molar refractivity (Wildman–Crippen MR) is 247 cm³/mol. The molecule has 5 atom stereocenters. The van der Waals surface area contributed by atoms with Gasteiger partial charge in [0.15, 0.2) is 10.2 Å². The van der Waals surface area contributed by atoms with Crippen LogP contribution in [0.15, 0.2) is 30.5 Å². The summed E-state index contributed by atoms with van der Waals surface area (Å²) in [4.78, 5) is 23.1. The Balaban J connectivity index is 1.01. The molecule has 1 aliphatic heterocycles. The second-order valence-electron chi connectivity index (χ2n) is 15.1. The van der Waals surface area contributed by atoms with Gasteiger partial charge in [0, 0.05) is 31.3 Å². The lowest BCUT2D eigenvalue weighted by molar-refractivity contribution is -0.277. The topological polar surface area (TPSA) is 256 Å². The van der Waals surface area contributed by atoms with E-state index in [4.69, 9.17) is 50.1 Å². The third-order valence-corrected chi connectivity index (χ3v) is 10.9. The summed E-state index contributed by atoms with van der Waals surface area (Å²) in [7, 11) is 0. The van der Waals surface area contributed by atoms with Gasteiger partial charge in [-0.2, -0.15) is 0 Å². The minimum absolute atomic E-state index is 0.0318. The van der Waals surface area contributed by atoms with Gasteiger partial charge in [0.25, 0.3) is 0 Å². The van der Waals surface area contributed by atoms with Crippen LogP contribution in [0.5, 0.6) is 5.75 Å². The molecule has 1 aromatic heterocycles. The summed E-state index contributed by atoms with van der Waals surface area (Å²) in [6.45, 7) is 7.80. The second kappa shape index (κ2) is 36.0. The van der Waals surface area contributed by atoms with E-state index in [0.717, 1.165) is 31.4 Å². The summed E-state index contributed by atoms with van der Waals surface area (Å²) in [5.41, 5.74) is 1.39. The van der Waals surface area contributed by atoms with Gasteiger partial charge in [-0.15, -0.1) is 5.10 Å². The standard InChI is InChI=1S/C43H72N6O14S2/c1-33(51)65-29-9-7-5-3-2-4-6-8-10-38(52)45-30-35-31-49(48-47-35)16-18-57-20-22-59-24-26-61-28-27-60-25-23-58-21-19-56-17-15-44-43(64)46-34-11-13-36(14-12-34)62-42-41(55)40(54)39(53)37(32-50)63-42/h11-14,31,37,39-42,50,53-55H,2-10,15-30,32H2,1H3,(H,45,52)(H2,44,46,64)/t37-,39-,40+,41+,42+/m1/s1. The van der Waals surface area contributed by atoms with Crippen LogP contribution in [0.4, 0.5) is 5.69 Å². The Morgan fingerprint density at radius 1 is 0.738 bits per heavy atom. The largest absolute Gasteiger partial charge is 0.462 e. The number of carbonyl (C=O) groups excluding carboxylic acids is 2. The lowest BCUT2D eigenvalue weighted by Gasteiger charge is -2.39. The maximum absolute atomic E-state index is 12.2. The van der Waals surface area contributed by atoms with E-state index in [1.165, 1.54) is 37.4 Å². The Hall–Kier alpha value is -3.10. The van der Waals surface area contributed by atoms with E-state index in [1.54, 1.807) is 35.9 Å². The van der Waals surface area contributed by atoms with Gasteiger partial charge in [0.1, 0.15) is 35.9 Å². The first-order chi connectivity index (χ1) is 31.7. The molecule has 0 spiro atoms. The van der Waals surface area contributed by atoms with Gasteiger partial charge in [-0.3, -0.25) is 9.59 Å². The van der Waals surface area contributed by atoms with Crippen molar-refractivity contribution in [3.63, 3.8) is 0 Å². The van der Waals surface area contributed by atoms with Crippen LogP contribution >= 0.6 is 24.0 Å². The van der Waals surface area contributed by atoms with Crippen LogP contribution in [-0.4, -0.2) is 180 Å². The van der Waals surface area contributed by atoms with Crippen LogP contribution in [0.3, 0.4) is 0 Å². The number of thioether (sulfide) groups is 1. The zero-order chi connectivity index (χ0) is 46.7. The Bertz CT molecular complexity index is 1550.